The number of carbonyl (C=O) groups is 2. The second-order valence-electron chi connectivity index (χ2n) is 5.31. The zero-order valence-electron chi connectivity index (χ0n) is 13.4. The molecule has 2 N–H and O–H groups in total. The van der Waals surface area contributed by atoms with Gasteiger partial charge in [0.2, 0.25) is 11.8 Å². The Morgan fingerprint density at radius 2 is 1.67 bits per heavy atom. The van der Waals surface area contributed by atoms with Gasteiger partial charge in [0.25, 0.3) is 0 Å². The Hall–Kier alpha value is -2.59. The summed E-state index contributed by atoms with van der Waals surface area (Å²) in [7, 11) is 0. The van der Waals surface area contributed by atoms with E-state index in [1.165, 1.54) is 6.08 Å². The summed E-state index contributed by atoms with van der Waals surface area (Å²) in [6.07, 6.45) is 1.49. The van der Waals surface area contributed by atoms with E-state index in [0.717, 1.165) is 16.7 Å². The summed E-state index contributed by atoms with van der Waals surface area (Å²) in [6, 6.07) is 16.8. The number of nitrogens with one attached hydrogen (secondary N) is 2. The Morgan fingerprint density at radius 3 is 2.33 bits per heavy atom. The number of rotatable bonds is 6. The molecular weight excluding hydrogens is 324 g/mol. The molecule has 2 aromatic rings. The van der Waals surface area contributed by atoms with Gasteiger partial charge in [0.15, 0.2) is 0 Å². The van der Waals surface area contributed by atoms with Crippen molar-refractivity contribution in [2.45, 2.75) is 13.5 Å². The highest BCUT2D eigenvalue weighted by atomic mass is 35.5. The molecule has 0 unspecified atom stereocenters. The molecule has 2 aromatic carbocycles. The van der Waals surface area contributed by atoms with Gasteiger partial charge in [0.1, 0.15) is 0 Å². The van der Waals surface area contributed by atoms with E-state index in [9.17, 15) is 9.59 Å². The van der Waals surface area contributed by atoms with Gasteiger partial charge in [-0.2, -0.15) is 0 Å². The summed E-state index contributed by atoms with van der Waals surface area (Å²) in [4.78, 5) is 23.6. The van der Waals surface area contributed by atoms with Crippen LogP contribution in [0.4, 0.5) is 0 Å². The number of benzene rings is 2. The summed E-state index contributed by atoms with van der Waals surface area (Å²) in [5.41, 5.74) is 2.76. The van der Waals surface area contributed by atoms with Gasteiger partial charge in [-0.1, -0.05) is 54.1 Å². The van der Waals surface area contributed by atoms with Gasteiger partial charge in [0.05, 0.1) is 6.54 Å². The van der Waals surface area contributed by atoms with Crippen molar-refractivity contribution < 1.29 is 9.59 Å². The predicted octanol–water partition coefficient (Wildman–Crippen LogP) is 3.18. The smallest absolute Gasteiger partial charge is 0.244 e. The molecule has 0 saturated heterocycles. The van der Waals surface area contributed by atoms with Crippen molar-refractivity contribution in [1.29, 1.82) is 0 Å². The molecule has 0 radical (unpaired) electrons. The van der Waals surface area contributed by atoms with Crippen molar-refractivity contribution in [3.05, 3.63) is 76.8 Å². The normalized spacial score (nSPS) is 11.0. The molecule has 5 heteroatoms. The first-order valence-electron chi connectivity index (χ1n) is 7.57. The van der Waals surface area contributed by atoms with E-state index in [1.54, 1.807) is 12.1 Å². The highest BCUT2D eigenvalue weighted by Gasteiger charge is 2.05. The van der Waals surface area contributed by atoms with Crippen molar-refractivity contribution in [3.63, 3.8) is 0 Å². The van der Waals surface area contributed by atoms with Crippen LogP contribution < -0.4 is 10.6 Å². The van der Waals surface area contributed by atoms with Crippen molar-refractivity contribution in [1.82, 2.24) is 10.6 Å². The third kappa shape index (κ3) is 5.89. The molecule has 0 saturated carbocycles. The molecule has 0 aliphatic heterocycles. The van der Waals surface area contributed by atoms with Gasteiger partial charge in [-0.15, -0.1) is 0 Å². The van der Waals surface area contributed by atoms with E-state index in [4.69, 9.17) is 11.6 Å². The molecule has 0 atom stereocenters. The van der Waals surface area contributed by atoms with E-state index in [1.807, 2.05) is 49.4 Å². The van der Waals surface area contributed by atoms with Gasteiger partial charge in [-0.05, 0) is 35.8 Å². The van der Waals surface area contributed by atoms with Gasteiger partial charge in [0, 0.05) is 17.6 Å². The van der Waals surface area contributed by atoms with Crippen molar-refractivity contribution in [2.24, 2.45) is 0 Å². The van der Waals surface area contributed by atoms with Crippen LogP contribution in [0.25, 0.3) is 5.57 Å². The van der Waals surface area contributed by atoms with Crippen LogP contribution in [-0.4, -0.2) is 18.4 Å². The Kier molecular flexibility index (Phi) is 6.58. The maximum Gasteiger partial charge on any atom is 0.244 e. The van der Waals surface area contributed by atoms with Crippen LogP contribution in [0, 0.1) is 0 Å². The molecule has 4 nitrogen and oxygen atoms in total. The average Bonchev–Trinajstić information content (AvgIpc) is 2.60. The molecule has 0 heterocycles. The zero-order chi connectivity index (χ0) is 17.4. The summed E-state index contributed by atoms with van der Waals surface area (Å²) in [5, 5.41) is 5.97. The minimum absolute atomic E-state index is 0.0645. The summed E-state index contributed by atoms with van der Waals surface area (Å²) in [6.45, 7) is 2.19. The molecule has 124 valence electrons. The molecule has 2 rings (SSSR count). The van der Waals surface area contributed by atoms with E-state index in [0.29, 0.717) is 11.6 Å². The minimum Gasteiger partial charge on any atom is -0.350 e. The summed E-state index contributed by atoms with van der Waals surface area (Å²) < 4.78 is 0. The quantitative estimate of drug-likeness (QED) is 0.792. The number of hydrogen-bond donors (Lipinski definition) is 2. The van der Waals surface area contributed by atoms with E-state index in [-0.39, 0.29) is 18.4 Å². The topological polar surface area (TPSA) is 58.2 Å². The van der Waals surface area contributed by atoms with Crippen molar-refractivity contribution in [2.75, 3.05) is 6.54 Å². The number of halogens is 1. The fraction of sp³-hybridized carbons (Fsp3) is 0.158. The lowest BCUT2D eigenvalue weighted by molar-refractivity contribution is -0.124. The third-order valence-corrected chi connectivity index (χ3v) is 3.65. The predicted molar refractivity (Wildman–Crippen MR) is 96.4 cm³/mol. The van der Waals surface area contributed by atoms with E-state index < -0.39 is 0 Å². The van der Waals surface area contributed by atoms with E-state index in [2.05, 4.69) is 10.6 Å². The monoisotopic (exact) mass is 342 g/mol. The SMILES string of the molecule is C/C(=C\C(=O)NCC(=O)NCc1ccc(Cl)cc1)c1ccccc1. The van der Waals surface area contributed by atoms with Gasteiger partial charge < -0.3 is 10.6 Å². The maximum absolute atomic E-state index is 11.9. The summed E-state index contributed by atoms with van der Waals surface area (Å²) >= 11 is 5.80. The van der Waals surface area contributed by atoms with Crippen molar-refractivity contribution in [3.8, 4) is 0 Å². The molecule has 2 amide bonds. The molecule has 24 heavy (non-hydrogen) atoms. The van der Waals surface area contributed by atoms with E-state index >= 15 is 0 Å². The van der Waals surface area contributed by atoms with Crippen LogP contribution in [0.2, 0.25) is 5.02 Å². The zero-order valence-corrected chi connectivity index (χ0v) is 14.1. The minimum atomic E-state index is -0.294. The Morgan fingerprint density at radius 1 is 1.00 bits per heavy atom. The lowest BCUT2D eigenvalue weighted by atomic mass is 10.1. The highest BCUT2D eigenvalue weighted by molar-refractivity contribution is 6.30. The Balaban J connectivity index is 1.77. The van der Waals surface area contributed by atoms with Gasteiger partial charge in [-0.25, -0.2) is 0 Å². The number of carbonyl (C=O) groups excluding carboxylic acids is 2. The summed E-state index contributed by atoms with van der Waals surface area (Å²) in [5.74, 6) is -0.540. The first-order chi connectivity index (χ1) is 11.5. The fourth-order valence-electron chi connectivity index (χ4n) is 2.06. The number of allylic oxidation sites excluding steroid dienone is 1. The van der Waals surface area contributed by atoms with Crippen LogP contribution in [0.1, 0.15) is 18.1 Å². The lowest BCUT2D eigenvalue weighted by Crippen LogP contribution is -2.35. The van der Waals surface area contributed by atoms with Crippen LogP contribution in [-0.2, 0) is 16.1 Å². The first-order valence-corrected chi connectivity index (χ1v) is 7.95. The highest BCUT2D eigenvalue weighted by Crippen LogP contribution is 2.12. The van der Waals surface area contributed by atoms with Crippen molar-refractivity contribution >= 4 is 29.0 Å². The number of amides is 2. The second-order valence-corrected chi connectivity index (χ2v) is 5.75. The van der Waals surface area contributed by atoms with Crippen LogP contribution in [0.3, 0.4) is 0 Å². The first kappa shape index (κ1) is 17.8. The third-order valence-electron chi connectivity index (χ3n) is 3.40. The lowest BCUT2D eigenvalue weighted by Gasteiger charge is -2.07. The average molecular weight is 343 g/mol. The van der Waals surface area contributed by atoms with Gasteiger partial charge in [-0.3, -0.25) is 9.59 Å². The molecule has 0 spiro atoms. The maximum atomic E-state index is 11.9. The van der Waals surface area contributed by atoms with Gasteiger partial charge >= 0.3 is 0 Å². The van der Waals surface area contributed by atoms with Crippen LogP contribution in [0.15, 0.2) is 60.7 Å². The Bertz CT molecular complexity index is 725. The Labute approximate surface area is 146 Å². The standard InChI is InChI=1S/C19H19ClN2O2/c1-14(16-5-3-2-4-6-16)11-18(23)22-13-19(24)21-12-15-7-9-17(20)10-8-15/h2-11H,12-13H2,1H3,(H,21,24)(H,22,23)/b14-11+. The molecular formula is C19H19ClN2O2. The van der Waals surface area contributed by atoms with Crippen LogP contribution in [0.5, 0.6) is 0 Å². The second kappa shape index (κ2) is 8.89. The molecule has 0 aliphatic rings. The molecule has 0 bridgehead atoms. The number of hydrogen-bond acceptors (Lipinski definition) is 2. The molecule has 0 aromatic heterocycles. The van der Waals surface area contributed by atoms with Crippen LogP contribution >= 0.6 is 11.6 Å². The fourth-order valence-corrected chi connectivity index (χ4v) is 2.19. The molecule has 0 aliphatic carbocycles. The largest absolute Gasteiger partial charge is 0.350 e. The molecule has 0 fully saturated rings.